The Morgan fingerprint density at radius 2 is 1.97 bits per heavy atom. The fraction of sp³-hybridized carbons (Fsp3) is 0.286. The Morgan fingerprint density at radius 3 is 2.77 bits per heavy atom. The lowest BCUT2D eigenvalue weighted by Crippen LogP contribution is -2.21. The van der Waals surface area contributed by atoms with Gasteiger partial charge in [0.2, 0.25) is 0 Å². The monoisotopic (exact) mass is 537 g/mol. The third kappa shape index (κ3) is 6.26. The minimum Gasteiger partial charge on any atom is -0.493 e. The van der Waals surface area contributed by atoms with Crippen molar-refractivity contribution in [2.75, 3.05) is 25.1 Å². The summed E-state index contributed by atoms with van der Waals surface area (Å²) in [7, 11) is 0. The van der Waals surface area contributed by atoms with E-state index in [-0.39, 0.29) is 5.69 Å². The number of ether oxygens (including phenoxy) is 2. The van der Waals surface area contributed by atoms with Crippen LogP contribution < -0.4 is 10.1 Å². The number of alkyl halides is 3. The third-order valence-electron chi connectivity index (χ3n) is 6.48. The largest absolute Gasteiger partial charge is 0.493 e. The van der Waals surface area contributed by atoms with Crippen LogP contribution in [-0.4, -0.2) is 45.5 Å². The van der Waals surface area contributed by atoms with Crippen LogP contribution in [0, 0.1) is 12.8 Å². The lowest BCUT2D eigenvalue weighted by Gasteiger charge is -2.22. The number of pyridine rings is 2. The maximum absolute atomic E-state index is 13.0. The zero-order valence-corrected chi connectivity index (χ0v) is 21.1. The van der Waals surface area contributed by atoms with Gasteiger partial charge in [0, 0.05) is 48.6 Å². The summed E-state index contributed by atoms with van der Waals surface area (Å²) in [5.74, 6) is 0.398. The van der Waals surface area contributed by atoms with Crippen molar-refractivity contribution in [1.82, 2.24) is 19.7 Å². The summed E-state index contributed by atoms with van der Waals surface area (Å²) in [6.45, 7) is 3.98. The predicted octanol–water partition coefficient (Wildman–Crippen LogP) is 5.71. The van der Waals surface area contributed by atoms with Crippen LogP contribution in [-0.2, 0) is 10.9 Å². The van der Waals surface area contributed by atoms with Gasteiger partial charge < -0.3 is 14.8 Å². The first-order valence-corrected chi connectivity index (χ1v) is 12.4. The van der Waals surface area contributed by atoms with E-state index in [0.29, 0.717) is 29.6 Å². The summed E-state index contributed by atoms with van der Waals surface area (Å²) in [4.78, 5) is 20.3. The molecular weight excluding hydrogens is 511 g/mol. The fourth-order valence-electron chi connectivity index (χ4n) is 4.29. The van der Waals surface area contributed by atoms with Crippen LogP contribution in [0.1, 0.15) is 34.6 Å². The highest BCUT2D eigenvalue weighted by atomic mass is 19.4. The van der Waals surface area contributed by atoms with E-state index in [4.69, 9.17) is 9.47 Å². The molecular formula is C28H26F3N5O3. The standard InChI is InChI=1S/C28H26F3N5O3/c1-18-5-6-21(34-27(37)23-3-2-4-26(35-23)28(29,30)31)13-24(18)36-16-20(14-33-36)22-15-32-10-7-25(22)39-17-19-8-11-38-12-9-19/h2-7,10,13-16,19H,8-9,11-12,17H2,1H3,(H,34,37). The van der Waals surface area contributed by atoms with E-state index in [1.807, 2.05) is 19.2 Å². The summed E-state index contributed by atoms with van der Waals surface area (Å²) in [6.07, 6.45) is 4.24. The number of aromatic nitrogens is 4. The molecule has 0 unspecified atom stereocenters. The lowest BCUT2D eigenvalue weighted by molar-refractivity contribution is -0.141. The number of aryl methyl sites for hydroxylation is 1. The molecule has 0 spiro atoms. The molecule has 1 aliphatic heterocycles. The molecule has 39 heavy (non-hydrogen) atoms. The number of hydrogen-bond acceptors (Lipinski definition) is 6. The highest BCUT2D eigenvalue weighted by Crippen LogP contribution is 2.31. The van der Waals surface area contributed by atoms with E-state index in [1.165, 1.54) is 6.07 Å². The molecule has 8 nitrogen and oxygen atoms in total. The molecule has 0 atom stereocenters. The normalized spacial score (nSPS) is 14.3. The van der Waals surface area contributed by atoms with Gasteiger partial charge in [0.25, 0.3) is 5.91 Å². The molecule has 1 fully saturated rings. The van der Waals surface area contributed by atoms with Crippen molar-refractivity contribution in [1.29, 1.82) is 0 Å². The summed E-state index contributed by atoms with van der Waals surface area (Å²) in [5, 5.41) is 7.12. The topological polar surface area (TPSA) is 91.2 Å². The van der Waals surface area contributed by atoms with E-state index in [1.54, 1.807) is 41.5 Å². The second-order valence-electron chi connectivity index (χ2n) is 9.27. The Kier molecular flexibility index (Phi) is 7.60. The minimum atomic E-state index is -4.64. The second-order valence-corrected chi connectivity index (χ2v) is 9.27. The number of nitrogens with one attached hydrogen (secondary N) is 1. The van der Waals surface area contributed by atoms with Gasteiger partial charge in [-0.15, -0.1) is 0 Å². The molecule has 3 aromatic heterocycles. The van der Waals surface area contributed by atoms with Gasteiger partial charge in [-0.3, -0.25) is 9.78 Å². The number of rotatable bonds is 7. The molecule has 5 rings (SSSR count). The Morgan fingerprint density at radius 1 is 1.15 bits per heavy atom. The summed E-state index contributed by atoms with van der Waals surface area (Å²) in [5.41, 5.74) is 2.08. The molecule has 0 radical (unpaired) electrons. The third-order valence-corrected chi connectivity index (χ3v) is 6.48. The molecule has 11 heteroatoms. The van der Waals surface area contributed by atoms with Gasteiger partial charge in [0.15, 0.2) is 0 Å². The molecule has 1 aliphatic rings. The SMILES string of the molecule is Cc1ccc(NC(=O)c2cccc(C(F)(F)F)n2)cc1-n1cc(-c2cnccc2OCC2CCOCC2)cn1. The molecule has 4 heterocycles. The average molecular weight is 538 g/mol. The zero-order chi connectivity index (χ0) is 27.4. The number of carbonyl (C=O) groups excluding carboxylic acids is 1. The number of nitrogens with zero attached hydrogens (tertiary/aromatic N) is 4. The van der Waals surface area contributed by atoms with Crippen LogP contribution >= 0.6 is 0 Å². The molecule has 4 aromatic rings. The van der Waals surface area contributed by atoms with Crippen LogP contribution in [0.3, 0.4) is 0 Å². The summed E-state index contributed by atoms with van der Waals surface area (Å²) in [6, 6.07) is 10.2. The molecule has 1 amide bonds. The van der Waals surface area contributed by atoms with Crippen molar-refractivity contribution >= 4 is 11.6 Å². The Hall–Kier alpha value is -4.25. The van der Waals surface area contributed by atoms with Gasteiger partial charge >= 0.3 is 6.18 Å². The van der Waals surface area contributed by atoms with Gasteiger partial charge in [0.05, 0.1) is 18.5 Å². The number of amides is 1. The van der Waals surface area contributed by atoms with Crippen LogP contribution in [0.5, 0.6) is 5.75 Å². The number of carbonyl (C=O) groups is 1. The van der Waals surface area contributed by atoms with Crippen LogP contribution in [0.15, 0.2) is 67.3 Å². The van der Waals surface area contributed by atoms with Gasteiger partial charge in [-0.25, -0.2) is 9.67 Å². The van der Waals surface area contributed by atoms with Crippen molar-refractivity contribution in [3.8, 4) is 22.6 Å². The van der Waals surface area contributed by atoms with Crippen molar-refractivity contribution < 1.29 is 27.4 Å². The van der Waals surface area contributed by atoms with Gasteiger partial charge in [-0.05, 0) is 61.6 Å². The van der Waals surface area contributed by atoms with E-state index in [2.05, 4.69) is 20.4 Å². The van der Waals surface area contributed by atoms with Gasteiger partial charge in [-0.2, -0.15) is 18.3 Å². The van der Waals surface area contributed by atoms with E-state index in [0.717, 1.165) is 54.9 Å². The first-order valence-electron chi connectivity index (χ1n) is 12.4. The maximum Gasteiger partial charge on any atom is 0.433 e. The Balaban J connectivity index is 1.34. The summed E-state index contributed by atoms with van der Waals surface area (Å²) < 4.78 is 52.2. The highest BCUT2D eigenvalue weighted by molar-refractivity contribution is 6.03. The van der Waals surface area contributed by atoms with Crippen LogP contribution in [0.2, 0.25) is 0 Å². The number of halogens is 3. The first-order chi connectivity index (χ1) is 18.8. The van der Waals surface area contributed by atoms with E-state index in [9.17, 15) is 18.0 Å². The molecule has 0 aliphatic carbocycles. The van der Waals surface area contributed by atoms with E-state index < -0.39 is 17.8 Å². The maximum atomic E-state index is 13.0. The fourth-order valence-corrected chi connectivity index (χ4v) is 4.29. The average Bonchev–Trinajstić information content (AvgIpc) is 3.43. The van der Waals surface area contributed by atoms with Crippen LogP contribution in [0.25, 0.3) is 16.8 Å². The van der Waals surface area contributed by atoms with Gasteiger partial charge in [0.1, 0.15) is 17.1 Å². The molecule has 202 valence electrons. The molecule has 1 N–H and O–H groups in total. The quantitative estimate of drug-likeness (QED) is 0.325. The molecule has 0 saturated carbocycles. The first kappa shape index (κ1) is 26.4. The zero-order valence-electron chi connectivity index (χ0n) is 21.1. The second kappa shape index (κ2) is 11.2. The molecule has 1 aromatic carbocycles. The van der Waals surface area contributed by atoms with E-state index >= 15 is 0 Å². The smallest absolute Gasteiger partial charge is 0.433 e. The minimum absolute atomic E-state index is 0.335. The van der Waals surface area contributed by atoms with Crippen molar-refractivity contribution in [3.63, 3.8) is 0 Å². The van der Waals surface area contributed by atoms with Crippen molar-refractivity contribution in [2.24, 2.45) is 5.92 Å². The van der Waals surface area contributed by atoms with Crippen molar-refractivity contribution in [3.05, 3.63) is 84.2 Å². The Labute approximate surface area is 222 Å². The lowest BCUT2D eigenvalue weighted by atomic mass is 10.0. The Bertz CT molecular complexity index is 1460. The molecule has 1 saturated heterocycles. The number of benzene rings is 1. The summed E-state index contributed by atoms with van der Waals surface area (Å²) >= 11 is 0. The van der Waals surface area contributed by atoms with Crippen molar-refractivity contribution in [2.45, 2.75) is 25.9 Å². The number of anilines is 1. The van der Waals surface area contributed by atoms with Gasteiger partial charge in [-0.1, -0.05) is 12.1 Å². The van der Waals surface area contributed by atoms with Crippen LogP contribution in [0.4, 0.5) is 18.9 Å². The predicted molar refractivity (Wildman–Crippen MR) is 138 cm³/mol. The molecule has 0 bridgehead atoms. The highest BCUT2D eigenvalue weighted by Gasteiger charge is 2.33. The number of hydrogen-bond donors (Lipinski definition) is 1.